The molecule has 6 heteroatoms. The molecule has 2 aromatic rings. The fraction of sp³-hybridized carbons (Fsp3) is 0. The summed E-state index contributed by atoms with van der Waals surface area (Å²) in [5.74, 6) is -2.07. The van der Waals surface area contributed by atoms with Crippen LogP contribution in [0.3, 0.4) is 0 Å². The Morgan fingerprint density at radius 3 is 2.68 bits per heavy atom. The molecule has 0 radical (unpaired) electrons. The first kappa shape index (κ1) is 12.5. The molecule has 19 heavy (non-hydrogen) atoms. The number of aromatic nitrogens is 1. The lowest BCUT2D eigenvalue weighted by Crippen LogP contribution is -2.06. The number of hydrogen-bond acceptors (Lipinski definition) is 4. The maximum Gasteiger partial charge on any atom is 0.355 e. The largest absolute Gasteiger partial charge is 0.476 e. The Morgan fingerprint density at radius 1 is 1.32 bits per heavy atom. The Morgan fingerprint density at radius 2 is 2.05 bits per heavy atom. The lowest BCUT2D eigenvalue weighted by molar-refractivity contribution is 0.0691. The number of nitrogens with two attached hydrogens (primary N) is 1. The molecule has 0 atom stereocenters. The van der Waals surface area contributed by atoms with Crippen molar-refractivity contribution in [1.82, 2.24) is 4.98 Å². The van der Waals surface area contributed by atoms with Gasteiger partial charge in [-0.05, 0) is 18.2 Å². The molecule has 2 rings (SSSR count). The summed E-state index contributed by atoms with van der Waals surface area (Å²) in [7, 11) is 0. The number of nitrogens with zero attached hydrogens (tertiary/aromatic N) is 2. The zero-order valence-corrected chi connectivity index (χ0v) is 9.59. The Labute approximate surface area is 107 Å². The van der Waals surface area contributed by atoms with Crippen molar-refractivity contribution in [2.45, 2.75) is 0 Å². The topological polar surface area (TPSA) is 100 Å². The normalized spacial score (nSPS) is 9.89. The summed E-state index contributed by atoms with van der Waals surface area (Å²) in [6.45, 7) is 0. The third-order valence-electron chi connectivity index (χ3n) is 2.53. The molecule has 0 aliphatic rings. The van der Waals surface area contributed by atoms with Crippen molar-refractivity contribution in [2.75, 3.05) is 5.73 Å². The molecule has 0 fully saturated rings. The number of anilines is 1. The first-order valence-corrected chi connectivity index (χ1v) is 5.23. The van der Waals surface area contributed by atoms with Gasteiger partial charge in [0.1, 0.15) is 17.7 Å². The van der Waals surface area contributed by atoms with Crippen LogP contribution in [0.4, 0.5) is 10.2 Å². The number of carbonyl (C=O) groups is 1. The summed E-state index contributed by atoms with van der Waals surface area (Å²) in [4.78, 5) is 14.8. The predicted octanol–water partition coefficient (Wildman–Crippen LogP) is 2.04. The van der Waals surface area contributed by atoms with Crippen molar-refractivity contribution >= 4 is 11.8 Å². The van der Waals surface area contributed by atoms with E-state index in [2.05, 4.69) is 4.98 Å². The quantitative estimate of drug-likeness (QED) is 0.857. The smallest absolute Gasteiger partial charge is 0.355 e. The van der Waals surface area contributed by atoms with Crippen molar-refractivity contribution in [3.63, 3.8) is 0 Å². The van der Waals surface area contributed by atoms with Crippen molar-refractivity contribution in [1.29, 1.82) is 5.26 Å². The summed E-state index contributed by atoms with van der Waals surface area (Å²) >= 11 is 0. The van der Waals surface area contributed by atoms with E-state index in [-0.39, 0.29) is 28.2 Å². The van der Waals surface area contributed by atoms with Gasteiger partial charge >= 0.3 is 5.97 Å². The van der Waals surface area contributed by atoms with Crippen molar-refractivity contribution in [3.05, 3.63) is 47.4 Å². The number of carboxylic acid groups (broad SMARTS) is 1. The van der Waals surface area contributed by atoms with Crippen LogP contribution in [-0.4, -0.2) is 16.1 Å². The minimum absolute atomic E-state index is 0.00366. The average Bonchev–Trinajstić information content (AvgIpc) is 2.39. The summed E-state index contributed by atoms with van der Waals surface area (Å²) in [5, 5.41) is 17.8. The molecule has 0 saturated carbocycles. The molecular weight excluding hydrogens is 249 g/mol. The molecule has 0 saturated heterocycles. The van der Waals surface area contributed by atoms with Gasteiger partial charge in [0.05, 0.1) is 5.56 Å². The van der Waals surface area contributed by atoms with E-state index in [1.165, 1.54) is 30.3 Å². The van der Waals surface area contributed by atoms with Gasteiger partial charge in [0, 0.05) is 11.1 Å². The highest BCUT2D eigenvalue weighted by Gasteiger charge is 2.18. The van der Waals surface area contributed by atoms with E-state index in [4.69, 9.17) is 16.1 Å². The van der Waals surface area contributed by atoms with Crippen molar-refractivity contribution in [3.8, 4) is 17.2 Å². The van der Waals surface area contributed by atoms with Gasteiger partial charge in [-0.3, -0.25) is 0 Å². The average molecular weight is 257 g/mol. The molecule has 1 aromatic heterocycles. The maximum atomic E-state index is 14.0. The molecule has 0 aliphatic heterocycles. The number of nitriles is 1. The Kier molecular flexibility index (Phi) is 3.12. The number of benzene rings is 1. The number of rotatable bonds is 2. The van der Waals surface area contributed by atoms with Gasteiger partial charge < -0.3 is 10.8 Å². The maximum absolute atomic E-state index is 14.0. The second-order valence-electron chi connectivity index (χ2n) is 3.72. The van der Waals surface area contributed by atoms with Crippen molar-refractivity contribution < 1.29 is 14.3 Å². The molecular formula is C13H8FN3O2. The first-order chi connectivity index (χ1) is 9.04. The van der Waals surface area contributed by atoms with Crippen LogP contribution in [0.2, 0.25) is 0 Å². The minimum atomic E-state index is -1.32. The molecule has 3 N–H and O–H groups in total. The SMILES string of the molecule is N#Cc1cccc(-c2ccc(N)nc2C(=O)O)c1F. The zero-order chi connectivity index (χ0) is 14.0. The van der Waals surface area contributed by atoms with Gasteiger partial charge in [-0.2, -0.15) is 5.26 Å². The lowest BCUT2D eigenvalue weighted by atomic mass is 10.0. The van der Waals surface area contributed by atoms with Crippen LogP contribution in [-0.2, 0) is 0 Å². The molecule has 5 nitrogen and oxygen atoms in total. The summed E-state index contributed by atoms with van der Waals surface area (Å²) in [6, 6.07) is 8.61. The van der Waals surface area contributed by atoms with Crippen molar-refractivity contribution in [2.24, 2.45) is 0 Å². The zero-order valence-electron chi connectivity index (χ0n) is 9.59. The predicted molar refractivity (Wildman–Crippen MR) is 65.7 cm³/mol. The van der Waals surface area contributed by atoms with E-state index < -0.39 is 11.8 Å². The molecule has 94 valence electrons. The van der Waals surface area contributed by atoms with Crippen LogP contribution in [0.1, 0.15) is 16.1 Å². The highest BCUT2D eigenvalue weighted by atomic mass is 19.1. The van der Waals surface area contributed by atoms with Gasteiger partial charge in [-0.1, -0.05) is 12.1 Å². The number of nitrogen functional groups attached to an aromatic ring is 1. The number of hydrogen-bond donors (Lipinski definition) is 2. The van der Waals surface area contributed by atoms with Gasteiger partial charge in [-0.25, -0.2) is 14.2 Å². The standard InChI is InChI=1S/C13H8FN3O2/c14-11-7(6-15)2-1-3-8(11)9-4-5-10(16)17-12(9)13(18)19/h1-5H,(H2,16,17)(H,18,19). The van der Waals surface area contributed by atoms with Gasteiger partial charge in [0.2, 0.25) is 0 Å². The third-order valence-corrected chi connectivity index (χ3v) is 2.53. The van der Waals surface area contributed by atoms with Gasteiger partial charge in [0.25, 0.3) is 0 Å². The van der Waals surface area contributed by atoms with Crippen LogP contribution in [0.15, 0.2) is 30.3 Å². The molecule has 0 aliphatic carbocycles. The van der Waals surface area contributed by atoms with Crippen LogP contribution in [0.5, 0.6) is 0 Å². The Balaban J connectivity index is 2.73. The van der Waals surface area contributed by atoms with E-state index in [0.29, 0.717) is 0 Å². The lowest BCUT2D eigenvalue weighted by Gasteiger charge is -2.08. The fourth-order valence-electron chi connectivity index (χ4n) is 1.68. The van der Waals surface area contributed by atoms with Gasteiger partial charge in [0.15, 0.2) is 5.69 Å². The van der Waals surface area contributed by atoms with E-state index in [0.717, 1.165) is 0 Å². The number of aromatic carboxylic acids is 1. The first-order valence-electron chi connectivity index (χ1n) is 5.23. The minimum Gasteiger partial charge on any atom is -0.476 e. The highest BCUT2D eigenvalue weighted by molar-refractivity contribution is 5.94. The molecule has 0 amide bonds. The monoisotopic (exact) mass is 257 g/mol. The van der Waals surface area contributed by atoms with E-state index in [9.17, 15) is 9.18 Å². The molecule has 0 bridgehead atoms. The summed E-state index contributed by atoms with van der Waals surface area (Å²) < 4.78 is 14.0. The van der Waals surface area contributed by atoms with E-state index in [1.54, 1.807) is 6.07 Å². The fourth-order valence-corrected chi connectivity index (χ4v) is 1.68. The van der Waals surface area contributed by atoms with E-state index in [1.807, 2.05) is 0 Å². The second-order valence-corrected chi connectivity index (χ2v) is 3.72. The van der Waals surface area contributed by atoms with Crippen LogP contribution < -0.4 is 5.73 Å². The molecule has 0 spiro atoms. The number of halogens is 1. The second kappa shape index (κ2) is 4.74. The molecule has 1 aromatic carbocycles. The Bertz CT molecular complexity index is 708. The van der Waals surface area contributed by atoms with Gasteiger partial charge in [-0.15, -0.1) is 0 Å². The third kappa shape index (κ3) is 2.21. The number of carboxylic acids is 1. The van der Waals surface area contributed by atoms with Crippen LogP contribution in [0.25, 0.3) is 11.1 Å². The molecule has 0 unspecified atom stereocenters. The van der Waals surface area contributed by atoms with Crippen LogP contribution >= 0.6 is 0 Å². The summed E-state index contributed by atoms with van der Waals surface area (Å²) in [5.41, 5.74) is 4.99. The Hall–Kier alpha value is -2.94. The van der Waals surface area contributed by atoms with E-state index >= 15 is 0 Å². The summed E-state index contributed by atoms with van der Waals surface area (Å²) in [6.07, 6.45) is 0. The van der Waals surface area contributed by atoms with Crippen LogP contribution in [0, 0.1) is 17.1 Å². The molecule has 1 heterocycles. The highest BCUT2D eigenvalue weighted by Crippen LogP contribution is 2.27. The number of pyridine rings is 1.